The fourth-order valence-corrected chi connectivity index (χ4v) is 3.65. The number of likely N-dealkylation sites (tertiary alicyclic amines) is 1. The lowest BCUT2D eigenvalue weighted by atomic mass is 10.0. The van der Waals surface area contributed by atoms with Gasteiger partial charge in [-0.05, 0) is 17.7 Å². The van der Waals surface area contributed by atoms with Crippen molar-refractivity contribution in [2.75, 3.05) is 18.8 Å². The number of rotatable bonds is 6. The van der Waals surface area contributed by atoms with E-state index in [4.69, 9.17) is 4.52 Å². The molecule has 1 fully saturated rings. The van der Waals surface area contributed by atoms with Crippen molar-refractivity contribution in [3.05, 3.63) is 66.2 Å². The smallest absolute Gasteiger partial charge is 0.233 e. The minimum Gasteiger partial charge on any atom is -0.340 e. The number of nitrogens with zero attached hydrogens (tertiary/aromatic N) is 4. The lowest BCUT2D eigenvalue weighted by Crippen LogP contribution is -2.49. The van der Waals surface area contributed by atoms with Crippen molar-refractivity contribution in [2.45, 2.75) is 11.7 Å². The highest BCUT2D eigenvalue weighted by Crippen LogP contribution is 2.28. The van der Waals surface area contributed by atoms with Crippen molar-refractivity contribution >= 4 is 17.7 Å². The highest BCUT2D eigenvalue weighted by atomic mass is 32.2. The Hall–Kier alpha value is -2.67. The molecular formula is C19H18N4O2S. The number of hydrogen-bond donors (Lipinski definition) is 0. The molecule has 0 N–H and O–H groups in total. The third-order valence-corrected chi connectivity index (χ3v) is 5.24. The van der Waals surface area contributed by atoms with Crippen molar-refractivity contribution in [2.24, 2.45) is 0 Å². The van der Waals surface area contributed by atoms with E-state index >= 15 is 0 Å². The molecule has 0 aliphatic carbocycles. The number of thioether (sulfide) groups is 1. The molecule has 1 aliphatic heterocycles. The molecule has 3 aromatic rings. The van der Waals surface area contributed by atoms with Crippen LogP contribution in [-0.4, -0.2) is 44.8 Å². The molecule has 0 unspecified atom stereocenters. The van der Waals surface area contributed by atoms with Crippen molar-refractivity contribution in [3.63, 3.8) is 0 Å². The standard InChI is InChI=1S/C19H18N4O2S/c24-17(13-26-12-14-6-2-1-3-7-14)23-10-15(11-23)19-21-18(22-25-19)16-8-4-5-9-20-16/h1-9,15H,10-13H2. The van der Waals surface area contributed by atoms with Crippen molar-refractivity contribution in [3.8, 4) is 11.5 Å². The summed E-state index contributed by atoms with van der Waals surface area (Å²) in [4.78, 5) is 22.7. The van der Waals surface area contributed by atoms with Crippen molar-refractivity contribution in [1.29, 1.82) is 0 Å². The van der Waals surface area contributed by atoms with Gasteiger partial charge in [-0.2, -0.15) is 4.98 Å². The van der Waals surface area contributed by atoms with Crippen LogP contribution in [0.4, 0.5) is 0 Å². The predicted molar refractivity (Wildman–Crippen MR) is 99.5 cm³/mol. The zero-order valence-electron chi connectivity index (χ0n) is 14.1. The monoisotopic (exact) mass is 366 g/mol. The first kappa shape index (κ1) is 16.8. The summed E-state index contributed by atoms with van der Waals surface area (Å²) in [6, 6.07) is 15.7. The molecule has 1 aromatic carbocycles. The van der Waals surface area contributed by atoms with Gasteiger partial charge in [0.2, 0.25) is 17.6 Å². The fourth-order valence-electron chi connectivity index (χ4n) is 2.76. The van der Waals surface area contributed by atoms with Crippen LogP contribution in [0.5, 0.6) is 0 Å². The van der Waals surface area contributed by atoms with Gasteiger partial charge in [-0.1, -0.05) is 41.6 Å². The first-order valence-corrected chi connectivity index (χ1v) is 9.59. The highest BCUT2D eigenvalue weighted by molar-refractivity contribution is 7.99. The minimum atomic E-state index is 0.114. The molecule has 7 heteroatoms. The van der Waals surface area contributed by atoms with E-state index in [9.17, 15) is 4.79 Å². The molecule has 0 saturated carbocycles. The molecule has 0 spiro atoms. The van der Waals surface area contributed by atoms with E-state index in [-0.39, 0.29) is 11.8 Å². The van der Waals surface area contributed by atoms with Gasteiger partial charge >= 0.3 is 0 Å². The van der Waals surface area contributed by atoms with Gasteiger partial charge in [-0.15, -0.1) is 11.8 Å². The molecule has 1 saturated heterocycles. The summed E-state index contributed by atoms with van der Waals surface area (Å²) in [5, 5.41) is 3.99. The van der Waals surface area contributed by atoms with Gasteiger partial charge in [0.1, 0.15) is 5.69 Å². The molecular weight excluding hydrogens is 348 g/mol. The topological polar surface area (TPSA) is 72.1 Å². The maximum atomic E-state index is 12.2. The molecule has 3 heterocycles. The largest absolute Gasteiger partial charge is 0.340 e. The summed E-state index contributed by atoms with van der Waals surface area (Å²) < 4.78 is 5.35. The Labute approximate surface area is 155 Å². The molecule has 1 aliphatic rings. The predicted octanol–water partition coefficient (Wildman–Crippen LogP) is 2.99. The SMILES string of the molecule is O=C(CSCc1ccccc1)N1CC(c2nc(-c3ccccn3)no2)C1. The number of pyridine rings is 1. The maximum absolute atomic E-state index is 12.2. The number of carbonyl (C=O) groups is 1. The average molecular weight is 366 g/mol. The number of hydrogen-bond acceptors (Lipinski definition) is 6. The second kappa shape index (κ2) is 7.70. The van der Waals surface area contributed by atoms with E-state index in [2.05, 4.69) is 27.3 Å². The average Bonchev–Trinajstić information content (AvgIpc) is 3.12. The van der Waals surface area contributed by atoms with Crippen LogP contribution >= 0.6 is 11.8 Å². The Morgan fingerprint density at radius 3 is 2.73 bits per heavy atom. The van der Waals surface area contributed by atoms with Crippen LogP contribution in [0.1, 0.15) is 17.4 Å². The number of benzene rings is 1. The Bertz CT molecular complexity index is 864. The summed E-state index contributed by atoms with van der Waals surface area (Å²) in [5.41, 5.74) is 1.92. The van der Waals surface area contributed by atoms with Gasteiger partial charge in [-0.3, -0.25) is 9.78 Å². The van der Waals surface area contributed by atoms with Crippen LogP contribution in [0.15, 0.2) is 59.3 Å². The zero-order chi connectivity index (χ0) is 17.8. The van der Waals surface area contributed by atoms with Crippen molar-refractivity contribution in [1.82, 2.24) is 20.0 Å². The summed E-state index contributed by atoms with van der Waals surface area (Å²) in [7, 11) is 0. The van der Waals surface area contributed by atoms with Crippen LogP contribution in [-0.2, 0) is 10.5 Å². The molecule has 0 radical (unpaired) electrons. The zero-order valence-corrected chi connectivity index (χ0v) is 14.9. The van der Waals surface area contributed by atoms with E-state index < -0.39 is 0 Å². The molecule has 4 rings (SSSR count). The van der Waals surface area contributed by atoms with Gasteiger partial charge in [0.25, 0.3) is 0 Å². The highest BCUT2D eigenvalue weighted by Gasteiger charge is 2.35. The van der Waals surface area contributed by atoms with Crippen LogP contribution in [0.25, 0.3) is 11.5 Å². The first-order chi connectivity index (χ1) is 12.8. The second-order valence-electron chi connectivity index (χ2n) is 6.15. The van der Waals surface area contributed by atoms with Crippen LogP contribution in [0, 0.1) is 0 Å². The fraction of sp³-hybridized carbons (Fsp3) is 0.263. The summed E-state index contributed by atoms with van der Waals surface area (Å²) in [6.07, 6.45) is 1.70. The van der Waals surface area contributed by atoms with E-state index in [0.29, 0.717) is 36.3 Å². The van der Waals surface area contributed by atoms with Gasteiger partial charge in [0.15, 0.2) is 0 Å². The molecule has 6 nitrogen and oxygen atoms in total. The summed E-state index contributed by atoms with van der Waals surface area (Å²) in [6.45, 7) is 1.27. The molecule has 2 aromatic heterocycles. The third-order valence-electron chi connectivity index (χ3n) is 4.26. The minimum absolute atomic E-state index is 0.114. The molecule has 1 amide bonds. The van der Waals surface area contributed by atoms with E-state index in [1.807, 2.05) is 41.3 Å². The molecule has 0 bridgehead atoms. The molecule has 26 heavy (non-hydrogen) atoms. The molecule has 132 valence electrons. The lowest BCUT2D eigenvalue weighted by Gasteiger charge is -2.37. The van der Waals surface area contributed by atoms with Gasteiger partial charge < -0.3 is 9.42 Å². The van der Waals surface area contributed by atoms with Crippen molar-refractivity contribution < 1.29 is 9.32 Å². The van der Waals surface area contributed by atoms with Gasteiger partial charge in [0.05, 0.1) is 11.7 Å². The summed E-state index contributed by atoms with van der Waals surface area (Å²) in [5.74, 6) is 2.68. The Morgan fingerprint density at radius 1 is 1.15 bits per heavy atom. The van der Waals surface area contributed by atoms with E-state index in [0.717, 1.165) is 5.75 Å². The van der Waals surface area contributed by atoms with E-state index in [1.165, 1.54) is 5.56 Å². The Morgan fingerprint density at radius 2 is 1.96 bits per heavy atom. The maximum Gasteiger partial charge on any atom is 0.233 e. The Kier molecular flexibility index (Phi) is 4.97. The van der Waals surface area contributed by atoms with Crippen LogP contribution in [0.3, 0.4) is 0 Å². The quantitative estimate of drug-likeness (QED) is 0.668. The third kappa shape index (κ3) is 3.77. The van der Waals surface area contributed by atoms with E-state index in [1.54, 1.807) is 18.0 Å². The van der Waals surface area contributed by atoms with Gasteiger partial charge in [-0.25, -0.2) is 0 Å². The Balaban J connectivity index is 1.25. The first-order valence-electron chi connectivity index (χ1n) is 8.44. The number of carbonyl (C=O) groups excluding carboxylic acids is 1. The molecule has 0 atom stereocenters. The second-order valence-corrected chi connectivity index (χ2v) is 7.13. The van der Waals surface area contributed by atoms with Crippen LogP contribution < -0.4 is 0 Å². The summed E-state index contributed by atoms with van der Waals surface area (Å²) >= 11 is 1.64. The number of aromatic nitrogens is 3. The number of amides is 1. The van der Waals surface area contributed by atoms with Crippen LogP contribution in [0.2, 0.25) is 0 Å². The van der Waals surface area contributed by atoms with Gasteiger partial charge in [0, 0.05) is 25.0 Å². The lowest BCUT2D eigenvalue weighted by molar-refractivity contribution is -0.133. The normalized spacial score (nSPS) is 14.2.